The average molecular weight is 498 g/mol. The molecule has 4 aromatic heterocycles. The van der Waals surface area contributed by atoms with Crippen molar-refractivity contribution in [2.45, 2.75) is 6.92 Å². The molecule has 11 heteroatoms. The molecule has 0 bridgehead atoms. The van der Waals surface area contributed by atoms with Crippen LogP contribution in [-0.2, 0) is 14.1 Å². The number of rotatable bonds is 4. The number of aryl methyl sites for hydroxylation is 3. The van der Waals surface area contributed by atoms with Crippen molar-refractivity contribution in [3.8, 4) is 28.3 Å². The van der Waals surface area contributed by atoms with E-state index in [4.69, 9.17) is 4.52 Å². The number of nitrogens with one attached hydrogen (secondary N) is 1. The van der Waals surface area contributed by atoms with E-state index in [1.54, 1.807) is 56.7 Å². The second-order valence-electron chi connectivity index (χ2n) is 8.45. The molecule has 0 aliphatic rings. The molecule has 4 heterocycles. The number of pyridine rings is 1. The van der Waals surface area contributed by atoms with Gasteiger partial charge in [-0.25, -0.2) is 9.37 Å². The smallest absolute Gasteiger partial charge is 0.291 e. The van der Waals surface area contributed by atoms with Gasteiger partial charge in [0.15, 0.2) is 11.5 Å². The van der Waals surface area contributed by atoms with Crippen LogP contribution in [0.3, 0.4) is 0 Å². The molecule has 0 saturated carbocycles. The van der Waals surface area contributed by atoms with Gasteiger partial charge in [-0.05, 0) is 24.1 Å². The highest BCUT2D eigenvalue weighted by molar-refractivity contribution is 6.08. The zero-order valence-corrected chi connectivity index (χ0v) is 19.9. The number of benzene rings is 1. The molecule has 0 aliphatic heterocycles. The summed E-state index contributed by atoms with van der Waals surface area (Å²) in [7, 11) is 2.99. The van der Waals surface area contributed by atoms with Crippen LogP contribution in [0.25, 0.3) is 27.8 Å². The maximum absolute atomic E-state index is 15.7. The summed E-state index contributed by atoms with van der Waals surface area (Å²) in [6.45, 7) is 1.68. The topological polar surface area (TPSA) is 127 Å². The molecule has 0 radical (unpaired) electrons. The van der Waals surface area contributed by atoms with Crippen LogP contribution in [0.2, 0.25) is 0 Å². The minimum Gasteiger partial charge on any atom is -0.365 e. The van der Waals surface area contributed by atoms with E-state index in [2.05, 4.69) is 10.3 Å². The lowest BCUT2D eigenvalue weighted by Crippen LogP contribution is -2.20. The lowest BCUT2D eigenvalue weighted by Gasteiger charge is -2.08. The third-order valence-corrected chi connectivity index (χ3v) is 5.93. The number of nitriles is 1. The summed E-state index contributed by atoms with van der Waals surface area (Å²) < 4.78 is 24.7. The minimum absolute atomic E-state index is 0.0264. The van der Waals surface area contributed by atoms with Crippen molar-refractivity contribution in [2.75, 3.05) is 5.32 Å². The Morgan fingerprint density at radius 3 is 2.49 bits per heavy atom. The Labute approximate surface area is 208 Å². The van der Waals surface area contributed by atoms with Gasteiger partial charge in [0, 0.05) is 50.0 Å². The molecule has 10 nitrogen and oxygen atoms in total. The van der Waals surface area contributed by atoms with Crippen LogP contribution < -0.4 is 16.4 Å². The van der Waals surface area contributed by atoms with Gasteiger partial charge >= 0.3 is 0 Å². The van der Waals surface area contributed by atoms with Crippen LogP contribution in [0.15, 0.2) is 69.1 Å². The largest absolute Gasteiger partial charge is 0.365 e. The number of fused-ring (bicyclic) bond motifs is 1. The van der Waals surface area contributed by atoms with E-state index in [0.29, 0.717) is 16.8 Å². The summed E-state index contributed by atoms with van der Waals surface area (Å²) in [5.74, 6) is -1.44. The van der Waals surface area contributed by atoms with E-state index in [1.807, 2.05) is 6.07 Å². The number of anilines is 1. The fourth-order valence-corrected chi connectivity index (χ4v) is 4.09. The zero-order chi connectivity index (χ0) is 26.4. The van der Waals surface area contributed by atoms with E-state index in [0.717, 1.165) is 4.74 Å². The Kier molecular flexibility index (Phi) is 5.56. The van der Waals surface area contributed by atoms with E-state index < -0.39 is 17.3 Å². The summed E-state index contributed by atoms with van der Waals surface area (Å²) in [4.78, 5) is 41.6. The van der Waals surface area contributed by atoms with Gasteiger partial charge in [-0.15, -0.1) is 0 Å². The fraction of sp³-hybridized carbons (Fsp3) is 0.115. The van der Waals surface area contributed by atoms with E-state index in [9.17, 15) is 19.6 Å². The molecule has 0 spiro atoms. The number of amides is 1. The normalized spacial score (nSPS) is 11.0. The van der Waals surface area contributed by atoms with Gasteiger partial charge in [0.1, 0.15) is 17.1 Å². The molecule has 0 aliphatic carbocycles. The summed E-state index contributed by atoms with van der Waals surface area (Å²) in [6, 6.07) is 11.1. The molecule has 0 saturated heterocycles. The molecule has 0 fully saturated rings. The van der Waals surface area contributed by atoms with Crippen molar-refractivity contribution in [1.82, 2.24) is 18.7 Å². The van der Waals surface area contributed by atoms with Crippen LogP contribution >= 0.6 is 0 Å². The van der Waals surface area contributed by atoms with Crippen LogP contribution in [0.1, 0.15) is 21.9 Å². The monoisotopic (exact) mass is 498 g/mol. The quantitative estimate of drug-likeness (QED) is 0.405. The fourth-order valence-electron chi connectivity index (χ4n) is 4.09. The van der Waals surface area contributed by atoms with Gasteiger partial charge in [0.25, 0.3) is 17.0 Å². The SMILES string of the molecule is Cc1cn2cc(-c3ccc(-c4c(C#N)on(C)c4=O)cc3)c(F)c2c(C(=O)Nc2ccn(C)c(=O)c2)n1. The van der Waals surface area contributed by atoms with Crippen LogP contribution in [-0.4, -0.2) is 24.6 Å². The van der Waals surface area contributed by atoms with Crippen LogP contribution in [0.5, 0.6) is 0 Å². The predicted molar refractivity (Wildman–Crippen MR) is 133 cm³/mol. The highest BCUT2D eigenvalue weighted by Crippen LogP contribution is 2.31. The van der Waals surface area contributed by atoms with Crippen molar-refractivity contribution in [2.24, 2.45) is 14.1 Å². The number of nitrogens with zero attached hydrogens (tertiary/aromatic N) is 5. The Bertz CT molecular complexity index is 1870. The lowest BCUT2D eigenvalue weighted by atomic mass is 10.0. The highest BCUT2D eigenvalue weighted by Gasteiger charge is 2.22. The predicted octanol–water partition coefficient (Wildman–Crippen LogP) is 3.23. The summed E-state index contributed by atoms with van der Waals surface area (Å²) in [6.07, 6.45) is 4.65. The van der Waals surface area contributed by atoms with Gasteiger partial charge in [-0.1, -0.05) is 24.3 Å². The van der Waals surface area contributed by atoms with Crippen molar-refractivity contribution in [1.29, 1.82) is 5.26 Å². The molecule has 0 unspecified atom stereocenters. The zero-order valence-electron chi connectivity index (χ0n) is 19.9. The molecule has 1 amide bonds. The molecule has 1 N–H and O–H groups in total. The number of hydrogen-bond acceptors (Lipinski definition) is 6. The molecular formula is C26H19FN6O4. The molecule has 1 aromatic carbocycles. The molecule has 0 atom stereocenters. The Balaban J connectivity index is 1.56. The second-order valence-corrected chi connectivity index (χ2v) is 8.45. The first-order valence-electron chi connectivity index (χ1n) is 11.0. The maximum atomic E-state index is 15.7. The van der Waals surface area contributed by atoms with Gasteiger partial charge in [-0.3, -0.25) is 14.4 Å². The van der Waals surface area contributed by atoms with E-state index in [1.165, 1.54) is 28.3 Å². The third kappa shape index (κ3) is 4.00. The minimum atomic E-state index is -0.666. The molecule has 37 heavy (non-hydrogen) atoms. The van der Waals surface area contributed by atoms with E-state index in [-0.39, 0.29) is 39.3 Å². The van der Waals surface area contributed by atoms with Crippen LogP contribution in [0.4, 0.5) is 10.1 Å². The van der Waals surface area contributed by atoms with Gasteiger partial charge in [-0.2, -0.15) is 10.0 Å². The first kappa shape index (κ1) is 23.5. The number of aromatic nitrogens is 4. The number of halogens is 1. The molecular weight excluding hydrogens is 479 g/mol. The number of carbonyl (C=O) groups is 1. The highest BCUT2D eigenvalue weighted by atomic mass is 19.1. The number of carbonyl (C=O) groups excluding carboxylic acids is 1. The van der Waals surface area contributed by atoms with Gasteiger partial charge in [0.05, 0.1) is 5.69 Å². The Morgan fingerprint density at radius 2 is 1.81 bits per heavy atom. The van der Waals surface area contributed by atoms with Crippen molar-refractivity contribution in [3.05, 3.63) is 98.7 Å². The standard InChI is InChI=1S/C26H19FN6O4/c1-14-12-33-13-18(15-4-6-16(7-5-15)21-19(11-28)37-32(3)26(21)36)22(27)24(33)23(29-14)25(35)30-17-8-9-31(2)20(34)10-17/h4-10,12-13H,1-3H3,(H,30,35). The first-order chi connectivity index (χ1) is 17.7. The van der Waals surface area contributed by atoms with Crippen molar-refractivity contribution >= 4 is 17.1 Å². The maximum Gasteiger partial charge on any atom is 0.291 e. The average Bonchev–Trinajstić information content (AvgIpc) is 3.36. The van der Waals surface area contributed by atoms with Crippen LogP contribution in [0, 0.1) is 24.1 Å². The van der Waals surface area contributed by atoms with Crippen molar-refractivity contribution in [3.63, 3.8) is 0 Å². The van der Waals surface area contributed by atoms with Crippen molar-refractivity contribution < 1.29 is 13.7 Å². The molecule has 5 rings (SSSR count). The second kappa shape index (κ2) is 8.76. The van der Waals surface area contributed by atoms with Gasteiger partial charge in [0.2, 0.25) is 5.76 Å². The van der Waals surface area contributed by atoms with Gasteiger partial charge < -0.3 is 18.8 Å². The summed E-state index contributed by atoms with van der Waals surface area (Å²) in [5, 5.41) is 11.9. The Morgan fingerprint density at radius 1 is 1.11 bits per heavy atom. The molecule has 5 aromatic rings. The summed E-state index contributed by atoms with van der Waals surface area (Å²) in [5.41, 5.74) is 1.08. The lowest BCUT2D eigenvalue weighted by molar-refractivity contribution is 0.102. The first-order valence-corrected chi connectivity index (χ1v) is 11.0. The van der Waals surface area contributed by atoms with E-state index >= 15 is 4.39 Å². The Hall–Kier alpha value is -5.24. The summed E-state index contributed by atoms with van der Waals surface area (Å²) >= 11 is 0. The third-order valence-electron chi connectivity index (χ3n) is 5.93. The number of hydrogen-bond donors (Lipinski definition) is 1. The molecule has 184 valence electrons.